The van der Waals surface area contributed by atoms with E-state index in [0.29, 0.717) is 6.42 Å². The van der Waals surface area contributed by atoms with E-state index in [1.54, 1.807) is 12.2 Å². The molecule has 3 N–H and O–H groups in total. The molecule has 0 aromatic carbocycles. The number of ether oxygens (including phenoxy) is 1. The van der Waals surface area contributed by atoms with Crippen LogP contribution in [0.5, 0.6) is 0 Å². The van der Waals surface area contributed by atoms with Gasteiger partial charge in [0, 0.05) is 6.42 Å². The molecule has 1 aliphatic rings. The van der Waals surface area contributed by atoms with E-state index in [9.17, 15) is 4.79 Å². The third-order valence-corrected chi connectivity index (χ3v) is 1.71. The molecule has 1 atom stereocenters. The molecule has 0 saturated heterocycles. The van der Waals surface area contributed by atoms with Gasteiger partial charge in [0.25, 0.3) is 0 Å². The fraction of sp³-hybridized carbons (Fsp3) is 0.222. The first-order valence-electron chi connectivity index (χ1n) is 3.83. The van der Waals surface area contributed by atoms with E-state index in [-0.39, 0.29) is 0 Å². The van der Waals surface area contributed by atoms with Gasteiger partial charge in [-0.1, -0.05) is 18.2 Å². The summed E-state index contributed by atoms with van der Waals surface area (Å²) in [6.07, 6.45) is 8.86. The van der Waals surface area contributed by atoms with Gasteiger partial charge in [-0.05, 0) is 12.2 Å². The summed E-state index contributed by atoms with van der Waals surface area (Å²) in [4.78, 5) is 10.6. The summed E-state index contributed by atoms with van der Waals surface area (Å²) in [5.41, 5.74) is 3.98. The Bertz CT molecular complexity index is 281. The predicted molar refractivity (Wildman–Crippen MR) is 48.1 cm³/mol. The van der Waals surface area contributed by atoms with E-state index in [1.165, 1.54) is 6.08 Å². The molecule has 4 nitrogen and oxygen atoms in total. The van der Waals surface area contributed by atoms with Crippen molar-refractivity contribution in [1.82, 2.24) is 0 Å². The average Bonchev–Trinajstić information content (AvgIpc) is 2.04. The number of allylic oxidation sites excluding steroid dienone is 2. The summed E-state index contributed by atoms with van der Waals surface area (Å²) in [5, 5.41) is 8.63. The molecule has 1 unspecified atom stereocenters. The topological polar surface area (TPSA) is 72.6 Å². The standard InChI is InChI=1S/C9H11NO3/c10-8(12)13-9(6-7-11)4-2-1-3-5-9/h1-4,6-7,11H,5H2,(H2,10,12). The number of aliphatic hydroxyl groups excluding tert-OH is 1. The van der Waals surface area contributed by atoms with Crippen LogP contribution in [0.25, 0.3) is 0 Å². The van der Waals surface area contributed by atoms with Gasteiger partial charge in [0.15, 0.2) is 5.60 Å². The Labute approximate surface area is 76.0 Å². The number of carbonyl (C=O) groups excluding carboxylic acids is 1. The maximum atomic E-state index is 10.6. The smallest absolute Gasteiger partial charge is 0.405 e. The first-order valence-corrected chi connectivity index (χ1v) is 3.83. The van der Waals surface area contributed by atoms with E-state index in [0.717, 1.165) is 6.26 Å². The quantitative estimate of drug-likeness (QED) is 0.632. The SMILES string of the molecule is NC(=O)OC1(C=CO)C=CC=CC1. The number of amides is 1. The summed E-state index contributed by atoms with van der Waals surface area (Å²) in [6, 6.07) is 0. The summed E-state index contributed by atoms with van der Waals surface area (Å²) >= 11 is 0. The highest BCUT2D eigenvalue weighted by molar-refractivity contribution is 5.66. The van der Waals surface area contributed by atoms with Crippen LogP contribution in [0.15, 0.2) is 36.6 Å². The Kier molecular flexibility index (Phi) is 2.74. The Hall–Kier alpha value is -1.71. The minimum atomic E-state index is -0.921. The van der Waals surface area contributed by atoms with Crippen LogP contribution in [0.3, 0.4) is 0 Å². The monoisotopic (exact) mass is 181 g/mol. The highest BCUT2D eigenvalue weighted by atomic mass is 16.6. The number of hydrogen-bond donors (Lipinski definition) is 2. The van der Waals surface area contributed by atoms with Crippen molar-refractivity contribution in [2.45, 2.75) is 12.0 Å². The van der Waals surface area contributed by atoms with E-state index < -0.39 is 11.7 Å². The van der Waals surface area contributed by atoms with E-state index >= 15 is 0 Å². The molecule has 0 saturated carbocycles. The maximum Gasteiger partial charge on any atom is 0.405 e. The molecule has 13 heavy (non-hydrogen) atoms. The number of nitrogens with two attached hydrogens (primary N) is 1. The van der Waals surface area contributed by atoms with E-state index in [2.05, 4.69) is 0 Å². The molecule has 0 aromatic rings. The van der Waals surface area contributed by atoms with Crippen molar-refractivity contribution in [1.29, 1.82) is 0 Å². The van der Waals surface area contributed by atoms with E-state index in [4.69, 9.17) is 15.6 Å². The van der Waals surface area contributed by atoms with Gasteiger partial charge in [0.1, 0.15) is 0 Å². The molecule has 70 valence electrons. The Balaban J connectivity index is 2.81. The lowest BCUT2D eigenvalue weighted by atomic mass is 9.95. The molecule has 0 radical (unpaired) electrons. The molecule has 0 heterocycles. The van der Waals surface area contributed by atoms with Crippen molar-refractivity contribution in [2.24, 2.45) is 5.73 Å². The molecule has 4 heteroatoms. The summed E-state index contributed by atoms with van der Waals surface area (Å²) in [7, 11) is 0. The number of carbonyl (C=O) groups is 1. The third-order valence-electron chi connectivity index (χ3n) is 1.71. The molecule has 1 rings (SSSR count). The van der Waals surface area contributed by atoms with Crippen LogP contribution >= 0.6 is 0 Å². The zero-order valence-corrected chi connectivity index (χ0v) is 7.01. The highest BCUT2D eigenvalue weighted by Crippen LogP contribution is 2.23. The molecule has 0 aromatic heterocycles. The Morgan fingerprint density at radius 1 is 1.62 bits per heavy atom. The number of aliphatic hydroxyl groups is 1. The van der Waals surface area contributed by atoms with Crippen molar-refractivity contribution >= 4 is 6.09 Å². The first kappa shape index (κ1) is 9.38. The fourth-order valence-electron chi connectivity index (χ4n) is 1.16. The lowest BCUT2D eigenvalue weighted by Crippen LogP contribution is -2.33. The van der Waals surface area contributed by atoms with Crippen molar-refractivity contribution in [3.05, 3.63) is 36.6 Å². The third kappa shape index (κ3) is 2.37. The molecular formula is C9H11NO3. The van der Waals surface area contributed by atoms with Gasteiger partial charge in [-0.3, -0.25) is 0 Å². The molecule has 0 spiro atoms. The van der Waals surface area contributed by atoms with Gasteiger partial charge in [0.2, 0.25) is 0 Å². The molecule has 1 aliphatic carbocycles. The van der Waals surface area contributed by atoms with Gasteiger partial charge in [-0.2, -0.15) is 0 Å². The van der Waals surface area contributed by atoms with Crippen LogP contribution in [-0.4, -0.2) is 16.8 Å². The van der Waals surface area contributed by atoms with Gasteiger partial charge in [-0.15, -0.1) is 0 Å². The minimum Gasteiger partial charge on any atom is -0.516 e. The first-order chi connectivity index (χ1) is 6.18. The zero-order chi connectivity index (χ0) is 9.73. The van der Waals surface area contributed by atoms with Crippen LogP contribution in [0.1, 0.15) is 6.42 Å². The lowest BCUT2D eigenvalue weighted by molar-refractivity contribution is 0.0863. The normalized spacial score (nSPS) is 26.5. The number of primary amides is 1. The Morgan fingerprint density at radius 2 is 2.38 bits per heavy atom. The predicted octanol–water partition coefficient (Wildman–Crippen LogP) is 1.41. The van der Waals surface area contributed by atoms with Gasteiger partial charge in [0.05, 0.1) is 6.26 Å². The van der Waals surface area contributed by atoms with Crippen molar-refractivity contribution in [3.8, 4) is 0 Å². The zero-order valence-electron chi connectivity index (χ0n) is 7.01. The minimum absolute atomic E-state index is 0.476. The van der Waals surface area contributed by atoms with Gasteiger partial charge in [-0.25, -0.2) is 4.79 Å². The van der Waals surface area contributed by atoms with Gasteiger partial charge >= 0.3 is 6.09 Å². The molecule has 0 aliphatic heterocycles. The summed E-state index contributed by atoms with van der Waals surface area (Å²) in [5.74, 6) is 0. The summed E-state index contributed by atoms with van der Waals surface area (Å²) < 4.78 is 4.87. The second-order valence-corrected chi connectivity index (χ2v) is 2.68. The highest BCUT2D eigenvalue weighted by Gasteiger charge is 2.27. The van der Waals surface area contributed by atoms with Gasteiger partial charge < -0.3 is 15.6 Å². The fourth-order valence-corrected chi connectivity index (χ4v) is 1.16. The largest absolute Gasteiger partial charge is 0.516 e. The summed E-state index contributed by atoms with van der Waals surface area (Å²) in [6.45, 7) is 0. The second kappa shape index (κ2) is 3.80. The maximum absolute atomic E-state index is 10.6. The van der Waals surface area contributed by atoms with Crippen molar-refractivity contribution in [2.75, 3.05) is 0 Å². The molecule has 1 amide bonds. The van der Waals surface area contributed by atoms with Crippen molar-refractivity contribution < 1.29 is 14.6 Å². The van der Waals surface area contributed by atoms with Crippen LogP contribution in [-0.2, 0) is 4.74 Å². The molecule has 0 fully saturated rings. The molecule has 0 bridgehead atoms. The van der Waals surface area contributed by atoms with E-state index in [1.807, 2.05) is 12.2 Å². The van der Waals surface area contributed by atoms with Crippen LogP contribution in [0.2, 0.25) is 0 Å². The van der Waals surface area contributed by atoms with Crippen LogP contribution < -0.4 is 5.73 Å². The Morgan fingerprint density at radius 3 is 2.85 bits per heavy atom. The number of hydrogen-bond acceptors (Lipinski definition) is 3. The van der Waals surface area contributed by atoms with Crippen LogP contribution in [0, 0.1) is 0 Å². The number of rotatable bonds is 2. The van der Waals surface area contributed by atoms with Crippen LogP contribution in [0.4, 0.5) is 4.79 Å². The average molecular weight is 181 g/mol. The van der Waals surface area contributed by atoms with Crippen molar-refractivity contribution in [3.63, 3.8) is 0 Å². The molecular weight excluding hydrogens is 170 g/mol. The second-order valence-electron chi connectivity index (χ2n) is 2.68. The lowest BCUT2D eigenvalue weighted by Gasteiger charge is -2.26.